The summed E-state index contributed by atoms with van der Waals surface area (Å²) in [5.41, 5.74) is 4.07. The Balaban J connectivity index is 2.52. The lowest BCUT2D eigenvalue weighted by Gasteiger charge is -2.16. The van der Waals surface area contributed by atoms with E-state index >= 15 is 0 Å². The van der Waals surface area contributed by atoms with E-state index in [2.05, 4.69) is 26.5 Å². The second-order valence-corrected chi connectivity index (χ2v) is 8.21. The summed E-state index contributed by atoms with van der Waals surface area (Å²) in [6.07, 6.45) is 0. The second kappa shape index (κ2) is 7.78. The Labute approximate surface area is 121 Å². The molecule has 0 amide bonds. The van der Waals surface area contributed by atoms with E-state index in [1.807, 2.05) is 49.0 Å². The van der Waals surface area contributed by atoms with Gasteiger partial charge in [-0.2, -0.15) is 11.8 Å². The number of hydrogen-bond acceptors (Lipinski definition) is 2. The molecule has 1 rings (SSSR count). The van der Waals surface area contributed by atoms with E-state index in [0.29, 0.717) is 10.8 Å². The van der Waals surface area contributed by atoms with Gasteiger partial charge in [-0.05, 0) is 18.5 Å². The van der Waals surface area contributed by atoms with Crippen molar-refractivity contribution in [3.63, 3.8) is 0 Å². The molecule has 0 saturated carbocycles. The molecule has 18 heavy (non-hydrogen) atoms. The standard InChI is InChI=1S/C16H22S2/c1-14(17-12-13-18-16(2,3)4)10-11-15-8-6-5-7-9-15/h5-9,11H,12-13H2,1-4H3/i11D. The Hall–Kier alpha value is -0.560. The van der Waals surface area contributed by atoms with Gasteiger partial charge < -0.3 is 0 Å². The third kappa shape index (κ3) is 7.71. The van der Waals surface area contributed by atoms with Crippen molar-refractivity contribution in [3.8, 4) is 0 Å². The minimum atomic E-state index is 0.332. The van der Waals surface area contributed by atoms with Gasteiger partial charge in [-0.1, -0.05) is 51.1 Å². The molecule has 0 unspecified atom stereocenters. The summed E-state index contributed by atoms with van der Waals surface area (Å²) in [4.78, 5) is 1.09. The second-order valence-electron chi connectivity index (χ2n) is 4.98. The van der Waals surface area contributed by atoms with Crippen LogP contribution in [0.15, 0.2) is 41.0 Å². The van der Waals surface area contributed by atoms with Crippen LogP contribution in [0.5, 0.6) is 0 Å². The highest BCUT2D eigenvalue weighted by atomic mass is 32.2. The Morgan fingerprint density at radius 3 is 2.56 bits per heavy atom. The van der Waals surface area contributed by atoms with Crippen LogP contribution in [0.3, 0.4) is 0 Å². The van der Waals surface area contributed by atoms with Crippen molar-refractivity contribution >= 4 is 29.6 Å². The van der Waals surface area contributed by atoms with Gasteiger partial charge in [0.2, 0.25) is 0 Å². The van der Waals surface area contributed by atoms with E-state index in [9.17, 15) is 0 Å². The quantitative estimate of drug-likeness (QED) is 0.518. The van der Waals surface area contributed by atoms with Crippen LogP contribution < -0.4 is 0 Å². The molecule has 0 bridgehead atoms. The van der Waals surface area contributed by atoms with Gasteiger partial charge in [0.25, 0.3) is 0 Å². The third-order valence-corrected chi connectivity index (χ3v) is 4.57. The molecule has 0 heterocycles. The molecule has 1 aromatic carbocycles. The molecule has 1 aromatic rings. The molecule has 98 valence electrons. The molecular weight excluding hydrogens is 256 g/mol. The summed E-state index contributed by atoms with van der Waals surface area (Å²) in [6, 6.07) is 10.2. The van der Waals surface area contributed by atoms with Crippen LogP contribution in [-0.2, 0) is 0 Å². The van der Waals surface area contributed by atoms with E-state index < -0.39 is 0 Å². The summed E-state index contributed by atoms with van der Waals surface area (Å²) in [5.74, 6) is 2.20. The molecule has 0 aliphatic rings. The van der Waals surface area contributed by atoms with E-state index in [1.165, 1.54) is 0 Å². The maximum absolute atomic E-state index is 7.99. The van der Waals surface area contributed by atoms with Crippen LogP contribution in [0.4, 0.5) is 0 Å². The Kier molecular flexibility index (Phi) is 5.99. The lowest BCUT2D eigenvalue weighted by Crippen LogP contribution is -2.08. The highest BCUT2D eigenvalue weighted by Gasteiger charge is 2.09. The highest BCUT2D eigenvalue weighted by Crippen LogP contribution is 2.25. The van der Waals surface area contributed by atoms with Gasteiger partial charge in [-0.25, -0.2) is 0 Å². The maximum atomic E-state index is 7.99. The van der Waals surface area contributed by atoms with Crippen molar-refractivity contribution in [1.82, 2.24) is 0 Å². The monoisotopic (exact) mass is 279 g/mol. The SMILES string of the molecule is [2H]C(=C=C(C)SCCSC(C)(C)C)c1ccccc1. The predicted octanol–water partition coefficient (Wildman–Crippen LogP) is 5.47. The van der Waals surface area contributed by atoms with Gasteiger partial charge >= 0.3 is 0 Å². The smallest absolute Gasteiger partial charge is 0.0720 e. The van der Waals surface area contributed by atoms with Crippen LogP contribution >= 0.6 is 23.5 Å². The third-order valence-electron chi connectivity index (χ3n) is 2.09. The molecule has 0 nitrogen and oxygen atoms in total. The molecule has 0 radical (unpaired) electrons. The van der Waals surface area contributed by atoms with Crippen molar-refractivity contribution in [2.24, 2.45) is 0 Å². The topological polar surface area (TPSA) is 0 Å². The molecule has 0 aromatic heterocycles. The summed E-state index contributed by atoms with van der Waals surface area (Å²) in [5, 5.41) is 0. The minimum absolute atomic E-state index is 0.332. The van der Waals surface area contributed by atoms with Crippen LogP contribution in [0.1, 0.15) is 34.6 Å². The summed E-state index contributed by atoms with van der Waals surface area (Å²) < 4.78 is 8.32. The number of benzene rings is 1. The number of hydrogen-bond donors (Lipinski definition) is 0. The van der Waals surface area contributed by atoms with Gasteiger partial charge in [0, 0.05) is 21.2 Å². The largest absolute Gasteiger partial charge is 0.155 e. The predicted molar refractivity (Wildman–Crippen MR) is 88.3 cm³/mol. The summed E-state index contributed by atoms with van der Waals surface area (Å²) in [6.45, 7) is 8.75. The first-order valence-corrected chi connectivity index (χ1v) is 8.12. The normalized spacial score (nSPS) is 11.7. The van der Waals surface area contributed by atoms with E-state index in [0.717, 1.165) is 22.0 Å². The molecule has 0 N–H and O–H groups in total. The minimum Gasteiger partial charge on any atom is -0.155 e. The van der Waals surface area contributed by atoms with E-state index in [-0.39, 0.29) is 0 Å². The molecule has 0 saturated heterocycles. The number of allylic oxidation sites excluding steroid dienone is 1. The fraction of sp³-hybridized carbons (Fsp3) is 0.438. The lowest BCUT2D eigenvalue weighted by atomic mass is 10.2. The van der Waals surface area contributed by atoms with Crippen molar-refractivity contribution in [2.75, 3.05) is 11.5 Å². The number of rotatable bonds is 5. The molecule has 0 aliphatic carbocycles. The average molecular weight is 279 g/mol. The average Bonchev–Trinajstić information content (AvgIpc) is 2.34. The van der Waals surface area contributed by atoms with Gasteiger partial charge in [0.1, 0.15) is 0 Å². The zero-order valence-corrected chi connectivity index (χ0v) is 13.3. The molecular formula is C16H22S2. The first kappa shape index (κ1) is 13.9. The molecule has 0 spiro atoms. The number of thioether (sulfide) groups is 2. The maximum Gasteiger partial charge on any atom is 0.0720 e. The van der Waals surface area contributed by atoms with Crippen LogP contribution in [-0.4, -0.2) is 16.3 Å². The Bertz CT molecular complexity index is 451. The summed E-state index contributed by atoms with van der Waals surface area (Å²) in [7, 11) is 0. The lowest BCUT2D eigenvalue weighted by molar-refractivity contribution is 0.804. The Morgan fingerprint density at radius 2 is 1.94 bits per heavy atom. The van der Waals surface area contributed by atoms with Crippen LogP contribution in [0, 0.1) is 0 Å². The zero-order chi connectivity index (χ0) is 14.3. The molecule has 0 aliphatic heterocycles. The fourth-order valence-electron chi connectivity index (χ4n) is 1.26. The molecule has 0 fully saturated rings. The van der Waals surface area contributed by atoms with Gasteiger partial charge in [0.15, 0.2) is 0 Å². The Morgan fingerprint density at radius 1 is 1.28 bits per heavy atom. The first-order valence-electron chi connectivity index (χ1n) is 6.65. The van der Waals surface area contributed by atoms with Crippen LogP contribution in [0.2, 0.25) is 0 Å². The summed E-state index contributed by atoms with van der Waals surface area (Å²) >= 11 is 3.76. The molecule has 0 atom stereocenters. The van der Waals surface area contributed by atoms with Crippen molar-refractivity contribution in [1.29, 1.82) is 0 Å². The zero-order valence-electron chi connectivity index (χ0n) is 12.6. The van der Waals surface area contributed by atoms with Gasteiger partial charge in [-0.3, -0.25) is 0 Å². The van der Waals surface area contributed by atoms with Crippen molar-refractivity contribution in [2.45, 2.75) is 32.4 Å². The van der Waals surface area contributed by atoms with E-state index in [4.69, 9.17) is 1.37 Å². The molecule has 2 heteroatoms. The fourth-order valence-corrected chi connectivity index (χ4v) is 2.97. The van der Waals surface area contributed by atoms with Gasteiger partial charge in [0.05, 0.1) is 1.37 Å². The van der Waals surface area contributed by atoms with Crippen molar-refractivity contribution < 1.29 is 1.37 Å². The van der Waals surface area contributed by atoms with Crippen molar-refractivity contribution in [3.05, 3.63) is 46.5 Å². The van der Waals surface area contributed by atoms with E-state index in [1.54, 1.807) is 11.8 Å². The van der Waals surface area contributed by atoms with Gasteiger partial charge in [-0.15, -0.1) is 17.5 Å². The highest BCUT2D eigenvalue weighted by molar-refractivity contribution is 8.05. The first-order chi connectivity index (χ1) is 8.88. The van der Waals surface area contributed by atoms with Crippen LogP contribution in [0.25, 0.3) is 6.05 Å².